The van der Waals surface area contributed by atoms with Gasteiger partial charge in [0, 0.05) is 37.7 Å². The van der Waals surface area contributed by atoms with Crippen molar-refractivity contribution in [1.82, 2.24) is 9.80 Å². The van der Waals surface area contributed by atoms with Crippen LogP contribution in [0.15, 0.2) is 42.5 Å². The van der Waals surface area contributed by atoms with Crippen molar-refractivity contribution < 1.29 is 9.53 Å². The highest BCUT2D eigenvalue weighted by atomic mass is 35.5. The molecule has 1 aliphatic heterocycles. The van der Waals surface area contributed by atoms with Crippen molar-refractivity contribution in [2.45, 2.75) is 0 Å². The minimum absolute atomic E-state index is 0.116. The number of benzene rings is 2. The summed E-state index contributed by atoms with van der Waals surface area (Å²) in [6.45, 7) is 5.21. The fourth-order valence-corrected chi connectivity index (χ4v) is 3.61. The summed E-state index contributed by atoms with van der Waals surface area (Å²) in [6.07, 6.45) is 0. The Balaban J connectivity index is 1.36. The first-order valence-electron chi connectivity index (χ1n) is 9.08. The number of anilines is 1. The summed E-state index contributed by atoms with van der Waals surface area (Å²) >= 11 is 18.1. The molecule has 1 aliphatic rings. The molecule has 0 spiro atoms. The van der Waals surface area contributed by atoms with Crippen molar-refractivity contribution in [3.05, 3.63) is 57.5 Å². The molecule has 1 saturated heterocycles. The number of piperazine rings is 1. The normalized spacial score (nSPS) is 15.4. The van der Waals surface area contributed by atoms with Crippen molar-refractivity contribution in [3.63, 3.8) is 0 Å². The van der Waals surface area contributed by atoms with Crippen molar-refractivity contribution in [1.29, 1.82) is 0 Å². The summed E-state index contributed by atoms with van der Waals surface area (Å²) in [5.74, 6) is 0.701. The average molecular weight is 443 g/mol. The van der Waals surface area contributed by atoms with E-state index in [0.717, 1.165) is 38.5 Å². The Morgan fingerprint density at radius 1 is 0.929 bits per heavy atom. The van der Waals surface area contributed by atoms with E-state index in [9.17, 15) is 4.79 Å². The van der Waals surface area contributed by atoms with Crippen molar-refractivity contribution >= 4 is 46.4 Å². The molecule has 0 aromatic heterocycles. The second-order valence-electron chi connectivity index (χ2n) is 6.57. The van der Waals surface area contributed by atoms with Gasteiger partial charge >= 0.3 is 0 Å². The summed E-state index contributed by atoms with van der Waals surface area (Å²) in [5.41, 5.74) is 0.466. The lowest BCUT2D eigenvalue weighted by Gasteiger charge is -2.34. The number of carbonyl (C=O) groups excluding carboxylic acids is 1. The average Bonchev–Trinajstić information content (AvgIpc) is 2.68. The lowest BCUT2D eigenvalue weighted by Crippen LogP contribution is -2.49. The van der Waals surface area contributed by atoms with Gasteiger partial charge in [-0.05, 0) is 36.4 Å². The van der Waals surface area contributed by atoms with Gasteiger partial charge in [-0.1, -0.05) is 40.9 Å². The quantitative estimate of drug-likeness (QED) is 0.695. The topological polar surface area (TPSA) is 44.8 Å². The zero-order valence-electron chi connectivity index (χ0n) is 15.3. The molecule has 1 amide bonds. The Morgan fingerprint density at radius 2 is 1.54 bits per heavy atom. The van der Waals surface area contributed by atoms with E-state index in [2.05, 4.69) is 15.1 Å². The molecule has 0 bridgehead atoms. The molecule has 0 saturated carbocycles. The van der Waals surface area contributed by atoms with E-state index in [1.54, 1.807) is 18.2 Å². The summed E-state index contributed by atoms with van der Waals surface area (Å²) in [6, 6.07) is 12.5. The van der Waals surface area contributed by atoms with Crippen LogP contribution in [0.1, 0.15) is 0 Å². The third-order valence-corrected chi connectivity index (χ3v) is 5.43. The predicted octanol–water partition coefficient (Wildman–Crippen LogP) is 4.28. The van der Waals surface area contributed by atoms with Gasteiger partial charge in [0.05, 0.1) is 22.3 Å². The number of carbonyl (C=O) groups is 1. The van der Waals surface area contributed by atoms with Gasteiger partial charge in [-0.3, -0.25) is 14.6 Å². The Labute approximate surface area is 180 Å². The highest BCUT2D eigenvalue weighted by Gasteiger charge is 2.19. The molecule has 0 atom stereocenters. The fraction of sp³-hybridized carbons (Fsp3) is 0.350. The first kappa shape index (κ1) is 21.2. The number of halogens is 3. The summed E-state index contributed by atoms with van der Waals surface area (Å²) in [4.78, 5) is 16.8. The molecule has 2 aromatic rings. The molecule has 150 valence electrons. The summed E-state index contributed by atoms with van der Waals surface area (Å²) < 4.78 is 5.74. The second kappa shape index (κ2) is 10.3. The molecule has 2 aromatic carbocycles. The molecule has 28 heavy (non-hydrogen) atoms. The zero-order valence-corrected chi connectivity index (χ0v) is 17.6. The van der Waals surface area contributed by atoms with Gasteiger partial charge in [0.15, 0.2) is 0 Å². The predicted molar refractivity (Wildman–Crippen MR) is 115 cm³/mol. The van der Waals surface area contributed by atoms with Gasteiger partial charge < -0.3 is 10.1 Å². The number of rotatable bonds is 7. The van der Waals surface area contributed by atoms with Crippen LogP contribution in [0.3, 0.4) is 0 Å². The lowest BCUT2D eigenvalue weighted by molar-refractivity contribution is -0.117. The maximum atomic E-state index is 12.3. The highest BCUT2D eigenvalue weighted by molar-refractivity contribution is 6.39. The number of para-hydroxylation sites is 1. The van der Waals surface area contributed by atoms with Crippen LogP contribution in [-0.2, 0) is 4.79 Å². The lowest BCUT2D eigenvalue weighted by atomic mass is 10.3. The van der Waals surface area contributed by atoms with Crippen LogP contribution in [0.2, 0.25) is 15.1 Å². The van der Waals surface area contributed by atoms with E-state index in [1.165, 1.54) is 0 Å². The van der Waals surface area contributed by atoms with Gasteiger partial charge in [0.25, 0.3) is 0 Å². The van der Waals surface area contributed by atoms with Crippen molar-refractivity contribution in [2.24, 2.45) is 0 Å². The van der Waals surface area contributed by atoms with Gasteiger partial charge in [0.1, 0.15) is 12.4 Å². The number of amides is 1. The van der Waals surface area contributed by atoms with Crippen LogP contribution in [0, 0.1) is 0 Å². The van der Waals surface area contributed by atoms with E-state index in [1.807, 2.05) is 24.3 Å². The minimum atomic E-state index is -0.116. The zero-order chi connectivity index (χ0) is 19.9. The number of hydrogen-bond donors (Lipinski definition) is 1. The molecule has 1 N–H and O–H groups in total. The van der Waals surface area contributed by atoms with Crippen molar-refractivity contribution in [2.75, 3.05) is 51.2 Å². The Hall–Kier alpha value is -1.50. The highest BCUT2D eigenvalue weighted by Crippen LogP contribution is 2.29. The standard InChI is InChI=1S/C20H22Cl3N3O2/c21-15-4-6-16(7-5-15)28-13-12-25-8-10-26(11-9-25)14-19(27)24-20-17(22)2-1-3-18(20)23/h1-7H,8-14H2,(H,24,27). The maximum Gasteiger partial charge on any atom is 0.238 e. The first-order chi connectivity index (χ1) is 13.5. The smallest absolute Gasteiger partial charge is 0.238 e. The van der Waals surface area contributed by atoms with E-state index in [-0.39, 0.29) is 5.91 Å². The van der Waals surface area contributed by atoms with Crippen molar-refractivity contribution in [3.8, 4) is 5.75 Å². The van der Waals surface area contributed by atoms with Crippen LogP contribution in [0.25, 0.3) is 0 Å². The summed E-state index contributed by atoms with van der Waals surface area (Å²) in [5, 5.41) is 4.38. The number of hydrogen-bond acceptors (Lipinski definition) is 4. The van der Waals surface area contributed by atoms with E-state index in [4.69, 9.17) is 39.5 Å². The fourth-order valence-electron chi connectivity index (χ4n) is 2.99. The molecular formula is C20H22Cl3N3O2. The second-order valence-corrected chi connectivity index (χ2v) is 7.82. The molecule has 1 fully saturated rings. The minimum Gasteiger partial charge on any atom is -0.492 e. The summed E-state index contributed by atoms with van der Waals surface area (Å²) in [7, 11) is 0. The van der Waals surface area contributed by atoms with Gasteiger partial charge in [-0.25, -0.2) is 0 Å². The van der Waals surface area contributed by atoms with Gasteiger partial charge in [-0.15, -0.1) is 0 Å². The van der Waals surface area contributed by atoms with Crippen LogP contribution in [0.4, 0.5) is 5.69 Å². The van der Waals surface area contributed by atoms with E-state index >= 15 is 0 Å². The molecule has 3 rings (SSSR count). The van der Waals surface area contributed by atoms with E-state index < -0.39 is 0 Å². The van der Waals surface area contributed by atoms with Crippen LogP contribution < -0.4 is 10.1 Å². The molecular weight excluding hydrogens is 421 g/mol. The molecule has 0 aliphatic carbocycles. The van der Waals surface area contributed by atoms with E-state index in [0.29, 0.717) is 33.9 Å². The Morgan fingerprint density at radius 3 is 2.18 bits per heavy atom. The van der Waals surface area contributed by atoms with Crippen LogP contribution in [0.5, 0.6) is 5.75 Å². The molecule has 0 unspecified atom stereocenters. The maximum absolute atomic E-state index is 12.3. The molecule has 0 radical (unpaired) electrons. The van der Waals surface area contributed by atoms with Crippen LogP contribution >= 0.6 is 34.8 Å². The molecule has 5 nitrogen and oxygen atoms in total. The third kappa shape index (κ3) is 6.26. The largest absolute Gasteiger partial charge is 0.492 e. The first-order valence-corrected chi connectivity index (χ1v) is 10.2. The number of nitrogens with one attached hydrogen (secondary N) is 1. The molecule has 1 heterocycles. The monoisotopic (exact) mass is 441 g/mol. The SMILES string of the molecule is O=C(CN1CCN(CCOc2ccc(Cl)cc2)CC1)Nc1c(Cl)cccc1Cl. The third-order valence-electron chi connectivity index (χ3n) is 4.55. The van der Waals surface area contributed by atoms with Gasteiger partial charge in [-0.2, -0.15) is 0 Å². The number of nitrogens with zero attached hydrogens (tertiary/aromatic N) is 2. The molecule has 8 heteroatoms. The van der Waals surface area contributed by atoms with Crippen LogP contribution in [-0.4, -0.2) is 61.6 Å². The van der Waals surface area contributed by atoms with Gasteiger partial charge in [0.2, 0.25) is 5.91 Å². The Bertz CT molecular complexity index is 774. The number of ether oxygens (including phenoxy) is 1. The Kier molecular flexibility index (Phi) is 7.82.